The molecule has 0 saturated carbocycles. The maximum absolute atomic E-state index is 12.6. The van der Waals surface area contributed by atoms with Crippen LogP contribution in [0.25, 0.3) is 10.9 Å². The van der Waals surface area contributed by atoms with Crippen LogP contribution in [0.5, 0.6) is 5.75 Å². The number of rotatable bonds is 4. The number of benzene rings is 2. The summed E-state index contributed by atoms with van der Waals surface area (Å²) in [7, 11) is 0. The highest BCUT2D eigenvalue weighted by Crippen LogP contribution is 2.32. The van der Waals surface area contributed by atoms with Gasteiger partial charge in [-0.25, -0.2) is 9.78 Å². The minimum Gasteiger partial charge on any atom is -0.425 e. The number of nitrogens with zero attached hydrogens (tertiary/aromatic N) is 2. The van der Waals surface area contributed by atoms with Gasteiger partial charge in [0, 0.05) is 5.02 Å². The fourth-order valence-corrected chi connectivity index (χ4v) is 3.13. The summed E-state index contributed by atoms with van der Waals surface area (Å²) in [4.78, 5) is 29.4. The minimum atomic E-state index is -0.533. The Bertz CT molecular complexity index is 1090. The third-order valence-electron chi connectivity index (χ3n) is 4.49. The molecular formula is C21H21ClN2O3. The van der Waals surface area contributed by atoms with Crippen molar-refractivity contribution in [2.24, 2.45) is 0 Å². The summed E-state index contributed by atoms with van der Waals surface area (Å²) >= 11 is 6.19. The molecule has 140 valence electrons. The molecule has 3 rings (SSSR count). The van der Waals surface area contributed by atoms with Crippen molar-refractivity contribution in [1.82, 2.24) is 9.55 Å². The van der Waals surface area contributed by atoms with E-state index >= 15 is 0 Å². The highest BCUT2D eigenvalue weighted by atomic mass is 35.5. The number of aryl methyl sites for hydroxylation is 2. The normalized spacial score (nSPS) is 11.2. The smallest absolute Gasteiger partial charge is 0.331 e. The second kappa shape index (κ2) is 7.53. The van der Waals surface area contributed by atoms with E-state index in [4.69, 9.17) is 16.3 Å². The van der Waals surface area contributed by atoms with Crippen molar-refractivity contribution in [1.29, 1.82) is 0 Å². The van der Waals surface area contributed by atoms with E-state index in [0.717, 1.165) is 16.7 Å². The Morgan fingerprint density at radius 1 is 1.22 bits per heavy atom. The van der Waals surface area contributed by atoms with Crippen LogP contribution in [0.15, 0.2) is 41.5 Å². The van der Waals surface area contributed by atoms with Crippen LogP contribution < -0.4 is 10.3 Å². The SMILES string of the molecule is Cc1cc(OC(=O)Cn2cnc3c(C)cccc3c2=O)c(C(C)C)cc1Cl. The molecule has 27 heavy (non-hydrogen) atoms. The number of ether oxygens (including phenoxy) is 1. The zero-order valence-corrected chi connectivity index (χ0v) is 16.5. The highest BCUT2D eigenvalue weighted by molar-refractivity contribution is 6.31. The van der Waals surface area contributed by atoms with Gasteiger partial charge in [-0.3, -0.25) is 9.36 Å². The third kappa shape index (κ3) is 3.88. The van der Waals surface area contributed by atoms with Crippen molar-refractivity contribution in [3.05, 3.63) is 68.7 Å². The molecule has 0 spiro atoms. The molecule has 0 atom stereocenters. The first kappa shape index (κ1) is 19.1. The van der Waals surface area contributed by atoms with Crippen molar-refractivity contribution >= 4 is 28.5 Å². The lowest BCUT2D eigenvalue weighted by atomic mass is 10.0. The largest absolute Gasteiger partial charge is 0.425 e. The van der Waals surface area contributed by atoms with Gasteiger partial charge in [-0.05, 0) is 54.7 Å². The van der Waals surface area contributed by atoms with Crippen molar-refractivity contribution in [2.75, 3.05) is 0 Å². The molecule has 1 heterocycles. The zero-order valence-electron chi connectivity index (χ0n) is 15.7. The average Bonchev–Trinajstić information content (AvgIpc) is 2.60. The Morgan fingerprint density at radius 2 is 1.96 bits per heavy atom. The molecule has 0 bridgehead atoms. The van der Waals surface area contributed by atoms with Crippen LogP contribution in [-0.4, -0.2) is 15.5 Å². The number of aromatic nitrogens is 2. The third-order valence-corrected chi connectivity index (χ3v) is 4.90. The summed E-state index contributed by atoms with van der Waals surface area (Å²) in [6, 6.07) is 8.97. The maximum atomic E-state index is 12.6. The lowest BCUT2D eigenvalue weighted by Gasteiger charge is -2.15. The van der Waals surface area contributed by atoms with Crippen LogP contribution in [0.2, 0.25) is 5.02 Å². The van der Waals surface area contributed by atoms with E-state index in [-0.39, 0.29) is 18.0 Å². The Kier molecular flexibility index (Phi) is 5.33. The predicted octanol–water partition coefficient (Wildman–Crippen LogP) is 4.40. The van der Waals surface area contributed by atoms with Gasteiger partial charge in [0.05, 0.1) is 17.2 Å². The molecule has 0 aliphatic rings. The van der Waals surface area contributed by atoms with Gasteiger partial charge in [-0.2, -0.15) is 0 Å². The minimum absolute atomic E-state index is 0.138. The lowest BCUT2D eigenvalue weighted by molar-refractivity contribution is -0.135. The van der Waals surface area contributed by atoms with E-state index in [1.54, 1.807) is 18.2 Å². The monoisotopic (exact) mass is 384 g/mol. The molecule has 5 nitrogen and oxygen atoms in total. The quantitative estimate of drug-likeness (QED) is 0.494. The summed E-state index contributed by atoms with van der Waals surface area (Å²) < 4.78 is 6.82. The number of halogens is 1. The van der Waals surface area contributed by atoms with Gasteiger partial charge in [0.25, 0.3) is 5.56 Å². The standard InChI is InChI=1S/C21H21ClN2O3/c1-12(2)16-9-17(22)14(4)8-18(16)27-19(25)10-24-11-23-20-13(3)6-5-7-15(20)21(24)26/h5-9,11-12H,10H2,1-4H3. The van der Waals surface area contributed by atoms with E-state index < -0.39 is 5.97 Å². The van der Waals surface area contributed by atoms with E-state index in [1.807, 2.05) is 39.8 Å². The zero-order chi connectivity index (χ0) is 19.7. The number of hydrogen-bond acceptors (Lipinski definition) is 4. The van der Waals surface area contributed by atoms with E-state index in [2.05, 4.69) is 4.98 Å². The van der Waals surface area contributed by atoms with Gasteiger partial charge < -0.3 is 4.74 Å². The molecule has 0 aliphatic carbocycles. The van der Waals surface area contributed by atoms with Crippen LogP contribution in [0, 0.1) is 13.8 Å². The van der Waals surface area contributed by atoms with Crippen LogP contribution in [-0.2, 0) is 11.3 Å². The molecule has 0 amide bonds. The summed E-state index contributed by atoms with van der Waals surface area (Å²) in [6.07, 6.45) is 1.38. The van der Waals surface area contributed by atoms with Crippen molar-refractivity contribution in [3.8, 4) is 5.75 Å². The average molecular weight is 385 g/mol. The van der Waals surface area contributed by atoms with Gasteiger partial charge in [0.2, 0.25) is 0 Å². The topological polar surface area (TPSA) is 61.2 Å². The highest BCUT2D eigenvalue weighted by Gasteiger charge is 2.16. The molecule has 6 heteroatoms. The van der Waals surface area contributed by atoms with Crippen molar-refractivity contribution in [2.45, 2.75) is 40.2 Å². The van der Waals surface area contributed by atoms with Crippen LogP contribution >= 0.6 is 11.6 Å². The molecule has 0 N–H and O–H groups in total. The lowest BCUT2D eigenvalue weighted by Crippen LogP contribution is -2.27. The number of carbonyl (C=O) groups is 1. The molecule has 3 aromatic rings. The summed E-state index contributed by atoms with van der Waals surface area (Å²) in [6.45, 7) is 7.53. The second-order valence-corrected chi connectivity index (χ2v) is 7.32. The summed E-state index contributed by atoms with van der Waals surface area (Å²) in [5, 5.41) is 1.11. The molecule has 0 saturated heterocycles. The van der Waals surface area contributed by atoms with Crippen molar-refractivity contribution < 1.29 is 9.53 Å². The fourth-order valence-electron chi connectivity index (χ4n) is 2.95. The first-order valence-corrected chi connectivity index (χ1v) is 9.11. The molecule has 2 aromatic carbocycles. The summed E-state index contributed by atoms with van der Waals surface area (Å²) in [5.74, 6) is 0.0722. The number of para-hydroxylation sites is 1. The fraction of sp³-hybridized carbons (Fsp3) is 0.286. The maximum Gasteiger partial charge on any atom is 0.331 e. The molecule has 0 aliphatic heterocycles. The Balaban J connectivity index is 1.89. The van der Waals surface area contributed by atoms with Crippen LogP contribution in [0.4, 0.5) is 0 Å². The number of hydrogen-bond donors (Lipinski definition) is 0. The second-order valence-electron chi connectivity index (χ2n) is 6.92. The van der Waals surface area contributed by atoms with E-state index in [0.29, 0.717) is 21.7 Å². The molecule has 0 radical (unpaired) electrons. The molecular weight excluding hydrogens is 364 g/mol. The summed E-state index contributed by atoms with van der Waals surface area (Å²) in [5.41, 5.74) is 2.96. The van der Waals surface area contributed by atoms with E-state index in [9.17, 15) is 9.59 Å². The van der Waals surface area contributed by atoms with Gasteiger partial charge in [0.1, 0.15) is 12.3 Å². The Labute approximate surface area is 162 Å². The Hall–Kier alpha value is -2.66. The molecule has 1 aromatic heterocycles. The first-order chi connectivity index (χ1) is 12.8. The van der Waals surface area contributed by atoms with Gasteiger partial charge in [-0.1, -0.05) is 37.6 Å². The number of carbonyl (C=O) groups excluding carboxylic acids is 1. The molecule has 0 unspecified atom stereocenters. The van der Waals surface area contributed by atoms with Gasteiger partial charge in [-0.15, -0.1) is 0 Å². The Morgan fingerprint density at radius 3 is 2.67 bits per heavy atom. The molecule has 0 fully saturated rings. The first-order valence-electron chi connectivity index (χ1n) is 8.73. The van der Waals surface area contributed by atoms with Gasteiger partial charge in [0.15, 0.2) is 0 Å². The van der Waals surface area contributed by atoms with Crippen LogP contribution in [0.3, 0.4) is 0 Å². The number of esters is 1. The predicted molar refractivity (Wildman–Crippen MR) is 107 cm³/mol. The van der Waals surface area contributed by atoms with E-state index in [1.165, 1.54) is 10.9 Å². The van der Waals surface area contributed by atoms with Crippen LogP contribution in [0.1, 0.15) is 36.5 Å². The number of fused-ring (bicyclic) bond motifs is 1. The van der Waals surface area contributed by atoms with Crippen molar-refractivity contribution in [3.63, 3.8) is 0 Å². The van der Waals surface area contributed by atoms with Gasteiger partial charge >= 0.3 is 5.97 Å².